The monoisotopic (exact) mass is 315 g/mol. The van der Waals surface area contributed by atoms with Crippen LogP contribution in [0.2, 0.25) is 10.0 Å². The van der Waals surface area contributed by atoms with Crippen LogP contribution >= 0.6 is 23.2 Å². The number of methoxy groups -OCH3 is 1. The van der Waals surface area contributed by atoms with Crippen molar-refractivity contribution in [2.24, 2.45) is 5.92 Å². The number of nitrogens with one attached hydrogen (secondary N) is 1. The van der Waals surface area contributed by atoms with Gasteiger partial charge in [-0.15, -0.1) is 0 Å². The van der Waals surface area contributed by atoms with Crippen LogP contribution in [0.4, 0.5) is 0 Å². The number of carbonyl (C=O) groups excluding carboxylic acids is 2. The van der Waals surface area contributed by atoms with E-state index in [-0.39, 0.29) is 17.7 Å². The second kappa shape index (κ2) is 6.02. The third-order valence-corrected chi connectivity index (χ3v) is 3.79. The van der Waals surface area contributed by atoms with Gasteiger partial charge in [-0.2, -0.15) is 0 Å². The van der Waals surface area contributed by atoms with Crippen LogP contribution in [0.25, 0.3) is 0 Å². The highest BCUT2D eigenvalue weighted by Gasteiger charge is 2.44. The van der Waals surface area contributed by atoms with Crippen molar-refractivity contribution in [1.29, 1.82) is 0 Å². The van der Waals surface area contributed by atoms with Crippen LogP contribution < -0.4 is 5.32 Å². The Morgan fingerprint density at radius 3 is 2.45 bits per heavy atom. The Balaban J connectivity index is 1.97. The van der Waals surface area contributed by atoms with Crippen molar-refractivity contribution in [2.45, 2.75) is 25.3 Å². The quantitative estimate of drug-likeness (QED) is 0.869. The zero-order chi connectivity index (χ0) is 14.9. The second-order valence-electron chi connectivity index (χ2n) is 4.90. The van der Waals surface area contributed by atoms with Gasteiger partial charge in [-0.25, -0.2) is 4.79 Å². The largest absolute Gasteiger partial charge is 0.467 e. The first-order valence-electron chi connectivity index (χ1n) is 6.26. The molecule has 3 atom stereocenters. The summed E-state index contributed by atoms with van der Waals surface area (Å²) in [5, 5.41) is 3.76. The maximum atomic E-state index is 12.0. The van der Waals surface area contributed by atoms with E-state index in [2.05, 4.69) is 10.1 Å². The fourth-order valence-electron chi connectivity index (χ4n) is 2.20. The lowest BCUT2D eigenvalue weighted by atomic mass is 10.1. The lowest BCUT2D eigenvalue weighted by molar-refractivity contribution is -0.144. The Bertz CT molecular complexity index is 527. The smallest absolute Gasteiger partial charge is 0.328 e. The summed E-state index contributed by atoms with van der Waals surface area (Å²) in [6.07, 6.45) is 0.733. The number of rotatable bonds is 4. The number of benzene rings is 1. The Kier molecular flexibility index (Phi) is 4.55. The number of esters is 1. The molecule has 4 nitrogen and oxygen atoms in total. The van der Waals surface area contributed by atoms with Gasteiger partial charge in [-0.3, -0.25) is 4.79 Å². The number of carbonyl (C=O) groups is 2. The number of halogens is 2. The highest BCUT2D eigenvalue weighted by Crippen LogP contribution is 2.48. The first-order valence-corrected chi connectivity index (χ1v) is 7.02. The van der Waals surface area contributed by atoms with Crippen molar-refractivity contribution in [3.63, 3.8) is 0 Å². The average molecular weight is 316 g/mol. The number of hydrogen-bond acceptors (Lipinski definition) is 3. The van der Waals surface area contributed by atoms with Gasteiger partial charge in [0.25, 0.3) is 0 Å². The Morgan fingerprint density at radius 1 is 1.30 bits per heavy atom. The van der Waals surface area contributed by atoms with Gasteiger partial charge in [0.1, 0.15) is 6.04 Å². The molecule has 1 N–H and O–H groups in total. The molecule has 0 aliphatic heterocycles. The molecule has 0 heterocycles. The van der Waals surface area contributed by atoms with E-state index in [0.29, 0.717) is 10.0 Å². The number of ether oxygens (including phenoxy) is 1. The summed E-state index contributed by atoms with van der Waals surface area (Å²) in [5.41, 5.74) is 0.952. The van der Waals surface area contributed by atoms with Crippen LogP contribution in [-0.2, 0) is 14.3 Å². The van der Waals surface area contributed by atoms with Crippen LogP contribution in [0.3, 0.4) is 0 Å². The number of hydrogen-bond donors (Lipinski definition) is 1. The van der Waals surface area contributed by atoms with E-state index in [4.69, 9.17) is 23.2 Å². The molecule has 0 saturated heterocycles. The zero-order valence-corrected chi connectivity index (χ0v) is 12.7. The van der Waals surface area contributed by atoms with Crippen LogP contribution in [0.1, 0.15) is 24.8 Å². The van der Waals surface area contributed by atoms with Crippen molar-refractivity contribution in [1.82, 2.24) is 5.32 Å². The van der Waals surface area contributed by atoms with Crippen LogP contribution in [0, 0.1) is 5.92 Å². The standard InChI is InChI=1S/C14H15Cl2NO3/c1-7(14(19)20-2)17-13(18)12-6-11(12)8-3-9(15)5-10(16)4-8/h3-5,7,11-12H,6H2,1-2H3,(H,17,18)/t7-,11+,12-/m0/s1. The van der Waals surface area contributed by atoms with Gasteiger partial charge in [0.2, 0.25) is 5.91 Å². The molecular formula is C14H15Cl2NO3. The molecule has 1 aromatic rings. The van der Waals surface area contributed by atoms with E-state index in [1.54, 1.807) is 13.0 Å². The maximum absolute atomic E-state index is 12.0. The molecular weight excluding hydrogens is 301 g/mol. The van der Waals surface area contributed by atoms with Gasteiger partial charge >= 0.3 is 5.97 Å². The SMILES string of the molecule is COC(=O)[C@H](C)NC(=O)[C@H]1C[C@@H]1c1cc(Cl)cc(Cl)c1. The third-order valence-electron chi connectivity index (χ3n) is 3.35. The lowest BCUT2D eigenvalue weighted by Crippen LogP contribution is -2.40. The van der Waals surface area contributed by atoms with Gasteiger partial charge in [0.05, 0.1) is 7.11 Å². The topological polar surface area (TPSA) is 55.4 Å². The molecule has 20 heavy (non-hydrogen) atoms. The van der Waals surface area contributed by atoms with Gasteiger partial charge in [-0.05, 0) is 43.0 Å². The van der Waals surface area contributed by atoms with Crippen molar-refractivity contribution in [3.8, 4) is 0 Å². The molecule has 1 amide bonds. The molecule has 6 heteroatoms. The Hall–Kier alpha value is -1.26. The lowest BCUT2D eigenvalue weighted by Gasteiger charge is -2.11. The molecule has 1 aromatic carbocycles. The fraction of sp³-hybridized carbons (Fsp3) is 0.429. The predicted octanol–water partition coefficient (Wildman–Crippen LogP) is 2.77. The molecule has 0 radical (unpaired) electrons. The molecule has 108 valence electrons. The summed E-state index contributed by atoms with van der Waals surface area (Å²) in [6.45, 7) is 1.59. The minimum Gasteiger partial charge on any atom is -0.467 e. The van der Waals surface area contributed by atoms with E-state index in [9.17, 15) is 9.59 Å². The normalized spacial score (nSPS) is 22.0. The van der Waals surface area contributed by atoms with E-state index < -0.39 is 12.0 Å². The molecule has 0 unspecified atom stereocenters. The average Bonchev–Trinajstić information content (AvgIpc) is 3.16. The molecule has 1 aliphatic carbocycles. The number of amides is 1. The first-order chi connectivity index (χ1) is 9.42. The highest BCUT2D eigenvalue weighted by molar-refractivity contribution is 6.34. The van der Waals surface area contributed by atoms with Gasteiger partial charge in [-0.1, -0.05) is 23.2 Å². The predicted molar refractivity (Wildman–Crippen MR) is 76.9 cm³/mol. The van der Waals surface area contributed by atoms with Crippen molar-refractivity contribution < 1.29 is 14.3 Å². The Labute approximate surface area is 127 Å². The molecule has 0 aromatic heterocycles. The molecule has 1 saturated carbocycles. The molecule has 2 rings (SSSR count). The van der Waals surface area contributed by atoms with Crippen LogP contribution in [0.5, 0.6) is 0 Å². The molecule has 0 spiro atoms. The molecule has 1 fully saturated rings. The first kappa shape index (κ1) is 15.1. The summed E-state index contributed by atoms with van der Waals surface area (Å²) >= 11 is 11.9. The van der Waals surface area contributed by atoms with Crippen molar-refractivity contribution >= 4 is 35.1 Å². The van der Waals surface area contributed by atoms with E-state index in [0.717, 1.165) is 12.0 Å². The summed E-state index contributed by atoms with van der Waals surface area (Å²) in [5.74, 6) is -0.641. The summed E-state index contributed by atoms with van der Waals surface area (Å²) in [7, 11) is 1.29. The summed E-state index contributed by atoms with van der Waals surface area (Å²) in [6, 6.07) is 4.64. The van der Waals surface area contributed by atoms with Gasteiger partial charge in [0.15, 0.2) is 0 Å². The highest BCUT2D eigenvalue weighted by atomic mass is 35.5. The van der Waals surface area contributed by atoms with Crippen LogP contribution in [0.15, 0.2) is 18.2 Å². The molecule has 1 aliphatic rings. The fourth-order valence-corrected chi connectivity index (χ4v) is 2.74. The Morgan fingerprint density at radius 2 is 1.90 bits per heavy atom. The van der Waals surface area contributed by atoms with E-state index >= 15 is 0 Å². The maximum Gasteiger partial charge on any atom is 0.328 e. The van der Waals surface area contributed by atoms with Gasteiger partial charge < -0.3 is 10.1 Å². The van der Waals surface area contributed by atoms with Crippen molar-refractivity contribution in [2.75, 3.05) is 7.11 Å². The van der Waals surface area contributed by atoms with Gasteiger partial charge in [0, 0.05) is 16.0 Å². The zero-order valence-electron chi connectivity index (χ0n) is 11.2. The minimum atomic E-state index is -0.642. The summed E-state index contributed by atoms with van der Waals surface area (Å²) < 4.78 is 4.57. The summed E-state index contributed by atoms with van der Waals surface area (Å²) in [4.78, 5) is 23.3. The minimum absolute atomic E-state index is 0.107. The van der Waals surface area contributed by atoms with Crippen LogP contribution in [-0.4, -0.2) is 25.0 Å². The molecule has 0 bridgehead atoms. The second-order valence-corrected chi connectivity index (χ2v) is 5.78. The van der Waals surface area contributed by atoms with E-state index in [1.807, 2.05) is 12.1 Å². The third kappa shape index (κ3) is 3.44. The van der Waals surface area contributed by atoms with Crippen molar-refractivity contribution in [3.05, 3.63) is 33.8 Å². The van der Waals surface area contributed by atoms with E-state index in [1.165, 1.54) is 7.11 Å².